The molecule has 9 heteroatoms. The molecular formula is C17H20F4N4O. The molecule has 1 aromatic rings. The van der Waals surface area contributed by atoms with E-state index in [4.69, 9.17) is 5.73 Å². The van der Waals surface area contributed by atoms with Gasteiger partial charge in [0.25, 0.3) is 0 Å². The fourth-order valence-electron chi connectivity index (χ4n) is 3.56. The van der Waals surface area contributed by atoms with Crippen molar-refractivity contribution >= 4 is 11.7 Å². The molecule has 1 atom stereocenters. The number of carbonyl (C=O) groups is 1. The second-order valence-electron chi connectivity index (χ2n) is 6.79. The van der Waals surface area contributed by atoms with E-state index >= 15 is 0 Å². The van der Waals surface area contributed by atoms with Crippen LogP contribution in [-0.4, -0.2) is 41.1 Å². The van der Waals surface area contributed by atoms with Gasteiger partial charge in [0.1, 0.15) is 5.82 Å². The van der Waals surface area contributed by atoms with Gasteiger partial charge in [0.2, 0.25) is 0 Å². The Morgan fingerprint density at radius 1 is 1.31 bits per heavy atom. The predicted octanol–water partition coefficient (Wildman–Crippen LogP) is 3.29. The van der Waals surface area contributed by atoms with Gasteiger partial charge in [0.05, 0.1) is 11.6 Å². The molecule has 1 aromatic carbocycles. The maximum Gasteiger partial charge on any atom is 0.391 e. The number of urea groups is 1. The topological polar surface area (TPSA) is 61.9 Å². The van der Waals surface area contributed by atoms with Crippen LogP contribution in [0.15, 0.2) is 23.3 Å². The summed E-state index contributed by atoms with van der Waals surface area (Å²) in [6.45, 7) is 1.97. The highest BCUT2D eigenvalue weighted by Gasteiger charge is 2.42. The first-order valence-electron chi connectivity index (χ1n) is 8.45. The first-order chi connectivity index (χ1) is 12.2. The molecule has 1 saturated heterocycles. The van der Waals surface area contributed by atoms with E-state index < -0.39 is 18.1 Å². The molecule has 3 rings (SSSR count). The number of amides is 2. The molecule has 2 N–H and O–H groups in total. The molecule has 5 nitrogen and oxygen atoms in total. The van der Waals surface area contributed by atoms with E-state index in [1.54, 1.807) is 6.07 Å². The van der Waals surface area contributed by atoms with Crippen LogP contribution in [-0.2, 0) is 6.42 Å². The summed E-state index contributed by atoms with van der Waals surface area (Å²) in [4.78, 5) is 11.9. The summed E-state index contributed by atoms with van der Waals surface area (Å²) in [6.07, 6.45) is -3.89. The van der Waals surface area contributed by atoms with Gasteiger partial charge in [-0.2, -0.15) is 23.3 Å². The monoisotopic (exact) mass is 372 g/mol. The normalized spacial score (nSPS) is 23.3. The molecular weight excluding hydrogens is 352 g/mol. The maximum atomic E-state index is 13.4. The third-order valence-corrected chi connectivity index (χ3v) is 4.94. The number of rotatable bonds is 2. The first-order valence-corrected chi connectivity index (χ1v) is 8.45. The lowest BCUT2D eigenvalue weighted by atomic mass is 9.97. The highest BCUT2D eigenvalue weighted by atomic mass is 19.4. The Hall–Kier alpha value is -2.16. The van der Waals surface area contributed by atoms with Crippen LogP contribution in [0.25, 0.3) is 0 Å². The van der Waals surface area contributed by atoms with Crippen LogP contribution >= 0.6 is 0 Å². The minimum atomic E-state index is -4.24. The van der Waals surface area contributed by atoms with Gasteiger partial charge in [-0.1, -0.05) is 6.92 Å². The van der Waals surface area contributed by atoms with Crippen molar-refractivity contribution in [3.05, 3.63) is 35.1 Å². The van der Waals surface area contributed by atoms with Crippen molar-refractivity contribution in [1.82, 2.24) is 10.1 Å². The Balaban J connectivity index is 1.82. The lowest BCUT2D eigenvalue weighted by molar-refractivity contribution is -0.191. The molecule has 26 heavy (non-hydrogen) atoms. The molecule has 1 unspecified atom stereocenters. The first kappa shape index (κ1) is 18.6. The minimum Gasteiger partial charge on any atom is -0.349 e. The van der Waals surface area contributed by atoms with Crippen LogP contribution < -0.4 is 5.73 Å². The number of nitrogens with two attached hydrogens (primary N) is 1. The van der Waals surface area contributed by atoms with Crippen molar-refractivity contribution in [3.8, 4) is 0 Å². The number of hydrogen-bond donors (Lipinski definition) is 1. The van der Waals surface area contributed by atoms with Crippen molar-refractivity contribution in [1.29, 1.82) is 0 Å². The molecule has 1 aliphatic heterocycles. The largest absolute Gasteiger partial charge is 0.391 e. The van der Waals surface area contributed by atoms with Gasteiger partial charge in [-0.15, -0.1) is 5.12 Å². The lowest BCUT2D eigenvalue weighted by Gasteiger charge is -2.36. The predicted molar refractivity (Wildman–Crippen MR) is 87.6 cm³/mol. The van der Waals surface area contributed by atoms with Gasteiger partial charge in [-0.05, 0) is 43.0 Å². The number of hydrogen-bond acceptors (Lipinski definition) is 3. The van der Waals surface area contributed by atoms with E-state index in [1.807, 2.05) is 6.92 Å². The third-order valence-electron chi connectivity index (χ3n) is 4.94. The van der Waals surface area contributed by atoms with Crippen LogP contribution in [0.4, 0.5) is 22.4 Å². The molecule has 1 aliphatic carbocycles. The zero-order chi connectivity index (χ0) is 19.1. The van der Waals surface area contributed by atoms with Gasteiger partial charge in [0.15, 0.2) is 0 Å². The van der Waals surface area contributed by atoms with Crippen LogP contribution in [0.3, 0.4) is 0 Å². The lowest BCUT2D eigenvalue weighted by Crippen LogP contribution is -2.51. The number of primary amides is 1. The summed E-state index contributed by atoms with van der Waals surface area (Å²) in [5.74, 6) is -1.78. The molecule has 2 amide bonds. The third kappa shape index (κ3) is 3.67. The molecule has 1 fully saturated rings. The Morgan fingerprint density at radius 2 is 1.96 bits per heavy atom. The number of halogens is 4. The van der Waals surface area contributed by atoms with E-state index in [0.717, 1.165) is 16.2 Å². The van der Waals surface area contributed by atoms with Crippen LogP contribution in [0.5, 0.6) is 0 Å². The van der Waals surface area contributed by atoms with Gasteiger partial charge in [-0.25, -0.2) is 9.18 Å². The minimum absolute atomic E-state index is 0.0363. The number of piperidine rings is 1. The summed E-state index contributed by atoms with van der Waals surface area (Å²) in [7, 11) is 0. The zero-order valence-corrected chi connectivity index (χ0v) is 14.3. The Morgan fingerprint density at radius 3 is 2.54 bits per heavy atom. The highest BCUT2D eigenvalue weighted by molar-refractivity contribution is 6.06. The van der Waals surface area contributed by atoms with Gasteiger partial charge >= 0.3 is 12.2 Å². The molecule has 0 aromatic heterocycles. The van der Waals surface area contributed by atoms with Gasteiger partial charge in [-0.3, -0.25) is 0 Å². The maximum absolute atomic E-state index is 13.4. The highest BCUT2D eigenvalue weighted by Crippen LogP contribution is 2.35. The molecule has 0 spiro atoms. The van der Waals surface area contributed by atoms with E-state index in [0.29, 0.717) is 12.1 Å². The van der Waals surface area contributed by atoms with E-state index in [2.05, 4.69) is 5.10 Å². The molecule has 142 valence electrons. The number of fused-ring (bicyclic) bond motifs is 1. The average molecular weight is 372 g/mol. The summed E-state index contributed by atoms with van der Waals surface area (Å²) in [5.41, 5.74) is 7.51. The van der Waals surface area contributed by atoms with E-state index in [-0.39, 0.29) is 37.7 Å². The second kappa shape index (κ2) is 6.86. The van der Waals surface area contributed by atoms with Crippen molar-refractivity contribution in [3.63, 3.8) is 0 Å². The zero-order valence-electron chi connectivity index (χ0n) is 14.3. The fourth-order valence-corrected chi connectivity index (χ4v) is 3.56. The number of benzene rings is 1. The molecule has 2 aliphatic rings. The van der Waals surface area contributed by atoms with E-state index in [9.17, 15) is 22.4 Å². The Labute approximate surface area is 148 Å². The average Bonchev–Trinajstić information content (AvgIpc) is 2.86. The number of hydrazine groups is 1. The quantitative estimate of drug-likeness (QED) is 0.640. The molecule has 0 saturated carbocycles. The Kier molecular flexibility index (Phi) is 4.92. The Bertz CT molecular complexity index is 726. The van der Waals surface area contributed by atoms with Crippen LogP contribution in [0, 0.1) is 17.7 Å². The SMILES string of the molecule is CC1Cc2cc(F)ccc2/C1=N/N(C(N)=O)N1CCC(C(F)(F)F)CC1. The summed E-state index contributed by atoms with van der Waals surface area (Å²) < 4.78 is 51.9. The standard InChI is InChI=1S/C17H20F4N4O/c1-10-8-11-9-13(18)2-3-14(11)15(10)23-25(16(22)26)24-6-4-12(5-7-24)17(19,20)21/h2-3,9-10,12H,4-8H2,1H3,(H2,22,26)/b23-15+. The van der Waals surface area contributed by atoms with Crippen molar-refractivity contribution in [2.45, 2.75) is 32.4 Å². The molecule has 0 bridgehead atoms. The number of hydrazone groups is 1. The number of carbonyl (C=O) groups excluding carboxylic acids is 1. The van der Waals surface area contributed by atoms with Gasteiger partial charge < -0.3 is 5.73 Å². The number of nitrogens with zero attached hydrogens (tertiary/aromatic N) is 3. The van der Waals surface area contributed by atoms with Crippen LogP contribution in [0.1, 0.15) is 30.9 Å². The number of alkyl halides is 3. The molecule has 0 radical (unpaired) electrons. The summed E-state index contributed by atoms with van der Waals surface area (Å²) in [5, 5.41) is 6.73. The van der Waals surface area contributed by atoms with Crippen LogP contribution in [0.2, 0.25) is 0 Å². The van der Waals surface area contributed by atoms with Crippen molar-refractivity contribution < 1.29 is 22.4 Å². The smallest absolute Gasteiger partial charge is 0.349 e. The fraction of sp³-hybridized carbons (Fsp3) is 0.529. The van der Waals surface area contributed by atoms with Gasteiger partial charge in [0, 0.05) is 24.6 Å². The molecule has 1 heterocycles. The van der Waals surface area contributed by atoms with E-state index in [1.165, 1.54) is 17.1 Å². The summed E-state index contributed by atoms with van der Waals surface area (Å²) >= 11 is 0. The second-order valence-corrected chi connectivity index (χ2v) is 6.79. The van der Waals surface area contributed by atoms with Crippen molar-refractivity contribution in [2.24, 2.45) is 22.7 Å². The van der Waals surface area contributed by atoms with Crippen molar-refractivity contribution in [2.75, 3.05) is 13.1 Å². The summed E-state index contributed by atoms with van der Waals surface area (Å²) in [6, 6.07) is 3.49.